The number of piperidine rings is 1. The standard InChI is InChI=1S/C20H22F2N2O2/c21-16-10-17(22)12-18(11-16)23-19(25)13-24-8-6-15(7-9-24)20(26)14-4-2-1-3-5-14/h1-5,10-12,15,20,26H,6-9,13H2,(H,23,25). The van der Waals surface area contributed by atoms with Gasteiger partial charge in [-0.2, -0.15) is 0 Å². The second kappa shape index (κ2) is 8.38. The molecule has 0 bridgehead atoms. The molecule has 0 aliphatic carbocycles. The highest BCUT2D eigenvalue weighted by Crippen LogP contribution is 2.30. The minimum atomic E-state index is -0.726. The third-order valence-corrected chi connectivity index (χ3v) is 4.73. The molecule has 138 valence electrons. The lowest BCUT2D eigenvalue weighted by molar-refractivity contribution is -0.117. The van der Waals surface area contributed by atoms with Gasteiger partial charge in [0.1, 0.15) is 11.6 Å². The van der Waals surface area contributed by atoms with E-state index in [0.717, 1.165) is 36.6 Å². The summed E-state index contributed by atoms with van der Waals surface area (Å²) in [7, 11) is 0. The maximum absolute atomic E-state index is 13.2. The van der Waals surface area contributed by atoms with Crippen molar-refractivity contribution in [3.63, 3.8) is 0 Å². The smallest absolute Gasteiger partial charge is 0.238 e. The number of aliphatic hydroxyl groups excluding tert-OH is 1. The molecule has 1 aliphatic rings. The largest absolute Gasteiger partial charge is 0.388 e. The number of hydrogen-bond donors (Lipinski definition) is 2. The first-order valence-electron chi connectivity index (χ1n) is 8.72. The van der Waals surface area contributed by atoms with Gasteiger partial charge in [-0.3, -0.25) is 9.69 Å². The molecular weight excluding hydrogens is 338 g/mol. The first-order valence-corrected chi connectivity index (χ1v) is 8.72. The molecule has 0 aromatic heterocycles. The SMILES string of the molecule is O=C(CN1CCC(C(O)c2ccccc2)CC1)Nc1cc(F)cc(F)c1. The van der Waals surface area contributed by atoms with Crippen LogP contribution in [-0.2, 0) is 4.79 Å². The highest BCUT2D eigenvalue weighted by molar-refractivity contribution is 5.92. The van der Waals surface area contributed by atoms with Crippen molar-refractivity contribution in [1.82, 2.24) is 4.90 Å². The number of benzene rings is 2. The second-order valence-electron chi connectivity index (χ2n) is 6.68. The van der Waals surface area contributed by atoms with Crippen molar-refractivity contribution in [1.29, 1.82) is 0 Å². The predicted molar refractivity (Wildman–Crippen MR) is 95.6 cm³/mol. The first kappa shape index (κ1) is 18.5. The molecule has 0 spiro atoms. The van der Waals surface area contributed by atoms with Crippen LogP contribution in [0.25, 0.3) is 0 Å². The maximum Gasteiger partial charge on any atom is 0.238 e. The van der Waals surface area contributed by atoms with Crippen LogP contribution in [0.5, 0.6) is 0 Å². The molecule has 1 amide bonds. The Hall–Kier alpha value is -2.31. The van der Waals surface area contributed by atoms with E-state index in [-0.39, 0.29) is 24.1 Å². The highest BCUT2D eigenvalue weighted by atomic mass is 19.1. The Balaban J connectivity index is 1.48. The number of halogens is 2. The quantitative estimate of drug-likeness (QED) is 0.860. The Morgan fingerprint density at radius 2 is 1.73 bits per heavy atom. The van der Waals surface area contributed by atoms with Crippen LogP contribution in [-0.4, -0.2) is 35.5 Å². The van der Waals surface area contributed by atoms with E-state index in [1.807, 2.05) is 35.2 Å². The topological polar surface area (TPSA) is 52.6 Å². The number of rotatable bonds is 5. The van der Waals surface area contributed by atoms with E-state index in [1.165, 1.54) is 0 Å². The molecule has 1 fully saturated rings. The van der Waals surface area contributed by atoms with Gasteiger partial charge >= 0.3 is 0 Å². The van der Waals surface area contributed by atoms with Crippen molar-refractivity contribution in [3.8, 4) is 0 Å². The fourth-order valence-corrected chi connectivity index (χ4v) is 3.38. The zero-order chi connectivity index (χ0) is 18.5. The fraction of sp³-hybridized carbons (Fsp3) is 0.350. The first-order chi connectivity index (χ1) is 12.5. The lowest BCUT2D eigenvalue weighted by Crippen LogP contribution is -2.40. The molecule has 0 radical (unpaired) electrons. The van der Waals surface area contributed by atoms with E-state index in [1.54, 1.807) is 0 Å². The number of aliphatic hydroxyl groups is 1. The van der Waals surface area contributed by atoms with Gasteiger partial charge in [0, 0.05) is 11.8 Å². The molecule has 1 atom stereocenters. The summed E-state index contributed by atoms with van der Waals surface area (Å²) in [6.45, 7) is 1.55. The molecule has 1 heterocycles. The molecule has 4 nitrogen and oxygen atoms in total. The summed E-state index contributed by atoms with van der Waals surface area (Å²) in [6, 6.07) is 12.5. The molecule has 1 saturated heterocycles. The molecule has 1 unspecified atom stereocenters. The number of likely N-dealkylation sites (tertiary alicyclic amines) is 1. The molecule has 1 aliphatic heterocycles. The number of carbonyl (C=O) groups is 1. The van der Waals surface area contributed by atoms with Gasteiger partial charge in [0.05, 0.1) is 12.6 Å². The number of anilines is 1. The van der Waals surface area contributed by atoms with E-state index >= 15 is 0 Å². The van der Waals surface area contributed by atoms with Gasteiger partial charge in [0.25, 0.3) is 0 Å². The van der Waals surface area contributed by atoms with Gasteiger partial charge in [-0.1, -0.05) is 30.3 Å². The van der Waals surface area contributed by atoms with Gasteiger partial charge in [0.15, 0.2) is 0 Å². The second-order valence-corrected chi connectivity index (χ2v) is 6.68. The van der Waals surface area contributed by atoms with Gasteiger partial charge in [0.2, 0.25) is 5.91 Å². The van der Waals surface area contributed by atoms with E-state index in [9.17, 15) is 18.7 Å². The zero-order valence-corrected chi connectivity index (χ0v) is 14.4. The average Bonchev–Trinajstić information content (AvgIpc) is 2.61. The summed E-state index contributed by atoms with van der Waals surface area (Å²) in [5.74, 6) is -1.60. The van der Waals surface area contributed by atoms with Crippen LogP contribution in [0, 0.1) is 17.6 Å². The molecule has 0 saturated carbocycles. The lowest BCUT2D eigenvalue weighted by atomic mass is 9.87. The van der Waals surface area contributed by atoms with Crippen LogP contribution < -0.4 is 5.32 Å². The van der Waals surface area contributed by atoms with E-state index in [2.05, 4.69) is 5.32 Å². The van der Waals surface area contributed by atoms with Crippen LogP contribution in [0.2, 0.25) is 0 Å². The summed E-state index contributed by atoms with van der Waals surface area (Å²) in [5.41, 5.74) is 1.03. The fourth-order valence-electron chi connectivity index (χ4n) is 3.38. The van der Waals surface area contributed by atoms with E-state index in [0.29, 0.717) is 13.1 Å². The van der Waals surface area contributed by atoms with Crippen LogP contribution in [0.15, 0.2) is 48.5 Å². The molecule has 26 heavy (non-hydrogen) atoms. The number of nitrogens with one attached hydrogen (secondary N) is 1. The lowest BCUT2D eigenvalue weighted by Gasteiger charge is -2.34. The monoisotopic (exact) mass is 360 g/mol. The summed E-state index contributed by atoms with van der Waals surface area (Å²) < 4.78 is 26.3. The van der Waals surface area contributed by atoms with Crippen molar-refractivity contribution < 1.29 is 18.7 Å². The molecule has 2 N–H and O–H groups in total. The van der Waals surface area contributed by atoms with Crippen molar-refractivity contribution in [2.24, 2.45) is 5.92 Å². The minimum Gasteiger partial charge on any atom is -0.388 e. The Morgan fingerprint density at radius 3 is 2.35 bits per heavy atom. The molecule has 2 aromatic rings. The maximum atomic E-state index is 13.2. The van der Waals surface area contributed by atoms with Crippen LogP contribution >= 0.6 is 0 Å². The Kier molecular flexibility index (Phi) is 5.96. The zero-order valence-electron chi connectivity index (χ0n) is 14.4. The van der Waals surface area contributed by atoms with Crippen molar-refractivity contribution >= 4 is 11.6 Å². The van der Waals surface area contributed by atoms with Crippen molar-refractivity contribution in [3.05, 3.63) is 65.7 Å². The molecular formula is C20H22F2N2O2. The molecule has 6 heteroatoms. The summed E-state index contributed by atoms with van der Waals surface area (Å²) in [6.07, 6.45) is 1.08. The Morgan fingerprint density at radius 1 is 1.12 bits per heavy atom. The predicted octanol–water partition coefficient (Wildman–Crippen LogP) is 3.35. The third kappa shape index (κ3) is 4.86. The molecule has 2 aromatic carbocycles. The summed E-state index contributed by atoms with van der Waals surface area (Å²) in [5, 5.41) is 13.0. The van der Waals surface area contributed by atoms with Gasteiger partial charge in [-0.15, -0.1) is 0 Å². The van der Waals surface area contributed by atoms with Crippen LogP contribution in [0.1, 0.15) is 24.5 Å². The van der Waals surface area contributed by atoms with Crippen molar-refractivity contribution in [2.45, 2.75) is 18.9 Å². The van der Waals surface area contributed by atoms with Crippen molar-refractivity contribution in [2.75, 3.05) is 25.0 Å². The summed E-state index contributed by atoms with van der Waals surface area (Å²) in [4.78, 5) is 14.1. The van der Waals surface area contributed by atoms with Gasteiger partial charge in [-0.25, -0.2) is 8.78 Å². The van der Waals surface area contributed by atoms with Crippen LogP contribution in [0.4, 0.5) is 14.5 Å². The number of amides is 1. The Labute approximate surface area is 151 Å². The Bertz CT molecular complexity index is 726. The average molecular weight is 360 g/mol. The van der Waals surface area contributed by atoms with E-state index in [4.69, 9.17) is 0 Å². The minimum absolute atomic E-state index is 0.113. The third-order valence-electron chi connectivity index (χ3n) is 4.73. The van der Waals surface area contributed by atoms with Gasteiger partial charge < -0.3 is 10.4 Å². The molecule has 3 rings (SSSR count). The number of carbonyl (C=O) groups excluding carboxylic acids is 1. The normalized spacial score (nSPS) is 17.0. The van der Waals surface area contributed by atoms with Gasteiger partial charge in [-0.05, 0) is 49.5 Å². The number of hydrogen-bond acceptors (Lipinski definition) is 3. The highest BCUT2D eigenvalue weighted by Gasteiger charge is 2.27. The summed E-state index contributed by atoms with van der Waals surface area (Å²) >= 11 is 0. The van der Waals surface area contributed by atoms with Crippen LogP contribution in [0.3, 0.4) is 0 Å². The van der Waals surface area contributed by atoms with E-state index < -0.39 is 17.7 Å². The number of nitrogens with zero attached hydrogens (tertiary/aromatic N) is 1.